The van der Waals surface area contributed by atoms with Crippen LogP contribution >= 0.6 is 0 Å². The van der Waals surface area contributed by atoms with Crippen LogP contribution < -0.4 is 5.73 Å². The molecule has 1 amide bonds. The topological polar surface area (TPSA) is 69.8 Å². The zero-order valence-electron chi connectivity index (χ0n) is 7.94. The highest BCUT2D eigenvalue weighted by atomic mass is 16.3. The van der Waals surface area contributed by atoms with Crippen molar-refractivity contribution in [1.29, 1.82) is 0 Å². The van der Waals surface area contributed by atoms with Crippen LogP contribution in [-0.2, 0) is 4.79 Å². The van der Waals surface area contributed by atoms with E-state index in [9.17, 15) is 4.79 Å². The minimum Gasteiger partial charge on any atom is -0.395 e. The quantitative estimate of drug-likeness (QED) is 0.540. The molecule has 1 atom stereocenters. The fourth-order valence-electron chi connectivity index (χ4n) is 1.35. The van der Waals surface area contributed by atoms with Crippen molar-refractivity contribution in [3.8, 4) is 0 Å². The third-order valence-electron chi connectivity index (χ3n) is 2.26. The van der Waals surface area contributed by atoms with Crippen LogP contribution in [0.15, 0.2) is 0 Å². The molecule has 3 N–H and O–H groups in total. The Labute approximate surface area is 78.1 Å². The lowest BCUT2D eigenvalue weighted by molar-refractivity contribution is -0.134. The van der Waals surface area contributed by atoms with Gasteiger partial charge in [0.05, 0.1) is 13.2 Å². The second-order valence-electron chi connectivity index (χ2n) is 3.49. The molecule has 13 heavy (non-hydrogen) atoms. The van der Waals surface area contributed by atoms with E-state index in [0.29, 0.717) is 13.1 Å². The number of hydrogen-bond acceptors (Lipinski definition) is 4. The fourth-order valence-corrected chi connectivity index (χ4v) is 1.35. The summed E-state index contributed by atoms with van der Waals surface area (Å²) in [6, 6.07) is -0.240. The summed E-state index contributed by atoms with van der Waals surface area (Å²) in [4.78, 5) is 14.9. The Kier molecular flexibility index (Phi) is 3.65. The molecule has 1 rings (SSSR count). The third-order valence-corrected chi connectivity index (χ3v) is 2.26. The number of piperazine rings is 1. The average molecular weight is 187 g/mol. The van der Waals surface area contributed by atoms with E-state index in [4.69, 9.17) is 10.8 Å². The highest BCUT2D eigenvalue weighted by Gasteiger charge is 2.21. The number of aliphatic hydroxyl groups is 1. The lowest BCUT2D eigenvalue weighted by Gasteiger charge is -2.32. The van der Waals surface area contributed by atoms with Crippen LogP contribution in [0, 0.1) is 0 Å². The molecular weight excluding hydrogens is 170 g/mol. The maximum Gasteiger partial charge on any atom is 0.236 e. The highest BCUT2D eigenvalue weighted by Crippen LogP contribution is 2.00. The molecule has 1 heterocycles. The summed E-state index contributed by atoms with van der Waals surface area (Å²) in [6.45, 7) is 2.58. The number of rotatable bonds is 3. The number of nitrogens with two attached hydrogens (primary N) is 1. The Balaban J connectivity index is 2.33. The lowest BCUT2D eigenvalue weighted by Crippen LogP contribution is -2.52. The highest BCUT2D eigenvalue weighted by molar-refractivity contribution is 5.78. The second kappa shape index (κ2) is 4.55. The summed E-state index contributed by atoms with van der Waals surface area (Å²) in [5.74, 6) is 0.122. The Morgan fingerprint density at radius 2 is 2.31 bits per heavy atom. The second-order valence-corrected chi connectivity index (χ2v) is 3.49. The van der Waals surface area contributed by atoms with Gasteiger partial charge in [0.1, 0.15) is 0 Å². The summed E-state index contributed by atoms with van der Waals surface area (Å²) in [6.07, 6.45) is 0. The van der Waals surface area contributed by atoms with Crippen LogP contribution in [0.5, 0.6) is 0 Å². The van der Waals surface area contributed by atoms with E-state index in [2.05, 4.69) is 0 Å². The molecule has 0 spiro atoms. The average Bonchev–Trinajstić information content (AvgIpc) is 2.11. The Morgan fingerprint density at radius 3 is 2.85 bits per heavy atom. The van der Waals surface area contributed by atoms with Crippen molar-refractivity contribution < 1.29 is 9.90 Å². The Bertz CT molecular complexity index is 186. The summed E-state index contributed by atoms with van der Waals surface area (Å²) < 4.78 is 0. The van der Waals surface area contributed by atoms with Gasteiger partial charge in [-0.3, -0.25) is 9.69 Å². The van der Waals surface area contributed by atoms with Crippen LogP contribution in [0.2, 0.25) is 0 Å². The van der Waals surface area contributed by atoms with E-state index in [-0.39, 0.29) is 18.6 Å². The van der Waals surface area contributed by atoms with Crippen LogP contribution in [0.3, 0.4) is 0 Å². The van der Waals surface area contributed by atoms with Gasteiger partial charge in [0.25, 0.3) is 0 Å². The van der Waals surface area contributed by atoms with E-state index >= 15 is 0 Å². The standard InChI is InChI=1S/C8H17N3O2/c1-10-2-3-11(5-8(10)13)4-7(9)6-12/h7,12H,2-6,9H2,1H3. The first-order valence-corrected chi connectivity index (χ1v) is 4.46. The number of carbonyl (C=O) groups excluding carboxylic acids is 1. The first-order valence-electron chi connectivity index (χ1n) is 4.46. The van der Waals surface area contributed by atoms with Crippen LogP contribution in [0.1, 0.15) is 0 Å². The fraction of sp³-hybridized carbons (Fsp3) is 0.875. The zero-order chi connectivity index (χ0) is 9.84. The minimum atomic E-state index is -0.240. The molecule has 0 aromatic heterocycles. The first kappa shape index (κ1) is 10.4. The number of amides is 1. The van der Waals surface area contributed by atoms with E-state index in [1.807, 2.05) is 4.90 Å². The number of hydrogen-bond donors (Lipinski definition) is 2. The molecule has 0 radical (unpaired) electrons. The molecule has 1 saturated heterocycles. The van der Waals surface area contributed by atoms with Gasteiger partial charge < -0.3 is 15.7 Å². The normalized spacial score (nSPS) is 22.1. The molecule has 0 aromatic rings. The molecule has 0 aliphatic carbocycles. The number of likely N-dealkylation sites (N-methyl/N-ethyl adjacent to an activating group) is 1. The minimum absolute atomic E-state index is 0.0273. The molecule has 5 nitrogen and oxygen atoms in total. The van der Waals surface area contributed by atoms with Crippen molar-refractivity contribution in [2.24, 2.45) is 5.73 Å². The summed E-state index contributed by atoms with van der Waals surface area (Å²) in [5, 5.41) is 8.74. The van der Waals surface area contributed by atoms with Crippen LogP contribution in [-0.4, -0.2) is 66.7 Å². The SMILES string of the molecule is CN1CCN(CC(N)CO)CC1=O. The van der Waals surface area contributed by atoms with Gasteiger partial charge >= 0.3 is 0 Å². The first-order chi connectivity index (χ1) is 6.13. The van der Waals surface area contributed by atoms with Gasteiger partial charge in [0.15, 0.2) is 0 Å². The molecule has 1 aliphatic heterocycles. The molecule has 5 heteroatoms. The van der Waals surface area contributed by atoms with Crippen molar-refractivity contribution in [2.45, 2.75) is 6.04 Å². The molecule has 76 valence electrons. The van der Waals surface area contributed by atoms with Gasteiger partial charge in [-0.1, -0.05) is 0 Å². The van der Waals surface area contributed by atoms with Crippen molar-refractivity contribution in [3.05, 3.63) is 0 Å². The number of nitrogens with zero attached hydrogens (tertiary/aromatic N) is 2. The summed E-state index contributed by atoms with van der Waals surface area (Å²) in [7, 11) is 1.80. The van der Waals surface area contributed by atoms with Gasteiger partial charge in [-0.25, -0.2) is 0 Å². The summed E-state index contributed by atoms with van der Waals surface area (Å²) >= 11 is 0. The molecule has 1 fully saturated rings. The molecular formula is C8H17N3O2. The van der Waals surface area contributed by atoms with Gasteiger partial charge in [-0.05, 0) is 0 Å². The van der Waals surface area contributed by atoms with Crippen molar-refractivity contribution in [2.75, 3.05) is 39.8 Å². The number of aliphatic hydroxyl groups excluding tert-OH is 1. The van der Waals surface area contributed by atoms with E-state index in [0.717, 1.165) is 13.1 Å². The van der Waals surface area contributed by atoms with Crippen molar-refractivity contribution in [1.82, 2.24) is 9.80 Å². The number of carbonyl (C=O) groups is 1. The van der Waals surface area contributed by atoms with Gasteiger partial charge in [-0.2, -0.15) is 0 Å². The maximum absolute atomic E-state index is 11.3. The maximum atomic E-state index is 11.3. The van der Waals surface area contributed by atoms with E-state index in [1.165, 1.54) is 0 Å². The Hall–Kier alpha value is -0.650. The van der Waals surface area contributed by atoms with E-state index < -0.39 is 0 Å². The predicted octanol–water partition coefficient (Wildman–Crippen LogP) is -1.92. The molecule has 0 saturated carbocycles. The van der Waals surface area contributed by atoms with Crippen molar-refractivity contribution in [3.63, 3.8) is 0 Å². The molecule has 1 unspecified atom stereocenters. The van der Waals surface area contributed by atoms with Crippen LogP contribution in [0.25, 0.3) is 0 Å². The lowest BCUT2D eigenvalue weighted by atomic mass is 10.2. The molecule has 0 aromatic carbocycles. The van der Waals surface area contributed by atoms with E-state index in [1.54, 1.807) is 11.9 Å². The monoisotopic (exact) mass is 187 g/mol. The van der Waals surface area contributed by atoms with Gasteiger partial charge in [-0.15, -0.1) is 0 Å². The molecule has 1 aliphatic rings. The van der Waals surface area contributed by atoms with Gasteiger partial charge in [0.2, 0.25) is 5.91 Å². The largest absolute Gasteiger partial charge is 0.395 e. The smallest absolute Gasteiger partial charge is 0.236 e. The predicted molar refractivity (Wildman–Crippen MR) is 49.1 cm³/mol. The Morgan fingerprint density at radius 1 is 1.62 bits per heavy atom. The summed E-state index contributed by atoms with van der Waals surface area (Å²) in [5.41, 5.74) is 5.57. The zero-order valence-corrected chi connectivity index (χ0v) is 7.94. The van der Waals surface area contributed by atoms with Gasteiger partial charge in [0, 0.05) is 32.7 Å². The van der Waals surface area contributed by atoms with Crippen molar-refractivity contribution >= 4 is 5.91 Å². The third kappa shape index (κ3) is 2.95. The molecule has 0 bridgehead atoms. The van der Waals surface area contributed by atoms with Crippen LogP contribution in [0.4, 0.5) is 0 Å².